The van der Waals surface area contributed by atoms with Crippen molar-refractivity contribution in [1.82, 2.24) is 10.2 Å². The van der Waals surface area contributed by atoms with Gasteiger partial charge in [-0.15, -0.1) is 0 Å². The van der Waals surface area contributed by atoms with Crippen LogP contribution in [0, 0.1) is 5.92 Å². The van der Waals surface area contributed by atoms with Gasteiger partial charge in [0.1, 0.15) is 0 Å². The third kappa shape index (κ3) is 4.84. The van der Waals surface area contributed by atoms with Crippen LogP contribution in [0.25, 0.3) is 0 Å². The Balaban J connectivity index is 2.16. The molecule has 3 atom stereocenters. The summed E-state index contributed by atoms with van der Waals surface area (Å²) in [7, 11) is 2.29. The topological polar surface area (TPSA) is 15.3 Å². The summed E-state index contributed by atoms with van der Waals surface area (Å²) in [4.78, 5) is 2.56. The molecule has 1 saturated carbocycles. The molecule has 0 radical (unpaired) electrons. The molecule has 2 nitrogen and oxygen atoms in total. The van der Waals surface area contributed by atoms with Crippen LogP contribution in [0.3, 0.4) is 0 Å². The Kier molecular flexibility index (Phi) is 6.37. The summed E-state index contributed by atoms with van der Waals surface area (Å²) < 4.78 is 0. The number of hydrogen-bond donors (Lipinski definition) is 1. The van der Waals surface area contributed by atoms with Gasteiger partial charge in [0.15, 0.2) is 0 Å². The van der Waals surface area contributed by atoms with E-state index in [0.29, 0.717) is 6.04 Å². The van der Waals surface area contributed by atoms with Gasteiger partial charge in [0.2, 0.25) is 0 Å². The first-order chi connectivity index (χ1) is 7.63. The predicted octanol–water partition coefficient (Wildman–Crippen LogP) is 2.89. The Hall–Kier alpha value is -0.0800. The zero-order chi connectivity index (χ0) is 12.0. The van der Waals surface area contributed by atoms with Gasteiger partial charge in [-0.3, -0.25) is 0 Å². The van der Waals surface area contributed by atoms with Gasteiger partial charge >= 0.3 is 0 Å². The average Bonchev–Trinajstić information content (AvgIpc) is 2.28. The molecule has 1 aliphatic rings. The number of likely N-dealkylation sites (N-methyl/N-ethyl adjacent to an activating group) is 1. The van der Waals surface area contributed by atoms with Gasteiger partial charge in [0, 0.05) is 25.2 Å². The van der Waals surface area contributed by atoms with Gasteiger partial charge in [-0.1, -0.05) is 26.7 Å². The molecular formula is C14H30N2. The van der Waals surface area contributed by atoms with Crippen molar-refractivity contribution < 1.29 is 0 Å². The van der Waals surface area contributed by atoms with Crippen LogP contribution in [0.4, 0.5) is 0 Å². The molecule has 0 heterocycles. The monoisotopic (exact) mass is 226 g/mol. The van der Waals surface area contributed by atoms with E-state index in [0.717, 1.165) is 18.5 Å². The lowest BCUT2D eigenvalue weighted by Crippen LogP contribution is -2.41. The maximum atomic E-state index is 3.57. The fraction of sp³-hybridized carbons (Fsp3) is 1.00. The van der Waals surface area contributed by atoms with Gasteiger partial charge in [-0.05, 0) is 39.2 Å². The molecule has 16 heavy (non-hydrogen) atoms. The molecule has 0 bridgehead atoms. The number of hydrogen-bond acceptors (Lipinski definition) is 2. The molecule has 96 valence electrons. The van der Waals surface area contributed by atoms with E-state index in [9.17, 15) is 0 Å². The maximum absolute atomic E-state index is 3.57. The normalized spacial score (nSPS) is 28.3. The van der Waals surface area contributed by atoms with Crippen LogP contribution in [0.1, 0.15) is 52.9 Å². The predicted molar refractivity (Wildman–Crippen MR) is 71.8 cm³/mol. The van der Waals surface area contributed by atoms with E-state index < -0.39 is 0 Å². The molecule has 0 aliphatic heterocycles. The summed E-state index contributed by atoms with van der Waals surface area (Å²) in [6, 6.07) is 1.50. The highest BCUT2D eigenvalue weighted by Crippen LogP contribution is 2.26. The van der Waals surface area contributed by atoms with Crippen molar-refractivity contribution in [3.63, 3.8) is 0 Å². The molecule has 0 aromatic carbocycles. The molecule has 0 aromatic rings. The Bertz CT molecular complexity index is 182. The van der Waals surface area contributed by atoms with Crippen molar-refractivity contribution in [3.05, 3.63) is 0 Å². The van der Waals surface area contributed by atoms with Crippen molar-refractivity contribution >= 4 is 0 Å². The molecule has 3 unspecified atom stereocenters. The van der Waals surface area contributed by atoms with Gasteiger partial charge in [-0.25, -0.2) is 0 Å². The average molecular weight is 226 g/mol. The first-order valence-electron chi connectivity index (χ1n) is 7.07. The van der Waals surface area contributed by atoms with Gasteiger partial charge in [0.05, 0.1) is 0 Å². The van der Waals surface area contributed by atoms with Crippen molar-refractivity contribution in [1.29, 1.82) is 0 Å². The second kappa shape index (κ2) is 7.29. The third-order valence-electron chi connectivity index (χ3n) is 4.10. The van der Waals surface area contributed by atoms with E-state index in [4.69, 9.17) is 0 Å². The van der Waals surface area contributed by atoms with Gasteiger partial charge in [-0.2, -0.15) is 0 Å². The fourth-order valence-corrected chi connectivity index (χ4v) is 2.62. The molecule has 2 heteroatoms. The molecule has 0 spiro atoms. The maximum Gasteiger partial charge on any atom is 0.0107 e. The van der Waals surface area contributed by atoms with Crippen LogP contribution in [0.2, 0.25) is 0 Å². The van der Waals surface area contributed by atoms with Crippen molar-refractivity contribution in [2.45, 2.75) is 65.0 Å². The minimum absolute atomic E-state index is 0.665. The standard InChI is InChI=1S/C14H30N2/c1-5-13(3)15-9-10-16(4)14-8-6-7-12(2)11-14/h12-15H,5-11H2,1-4H3. The van der Waals surface area contributed by atoms with E-state index in [2.05, 4.69) is 38.0 Å². The quantitative estimate of drug-likeness (QED) is 0.749. The van der Waals surface area contributed by atoms with Crippen LogP contribution in [0.15, 0.2) is 0 Å². The lowest BCUT2D eigenvalue weighted by atomic mass is 9.86. The minimum Gasteiger partial charge on any atom is -0.313 e. The van der Waals surface area contributed by atoms with Crippen LogP contribution in [-0.4, -0.2) is 37.1 Å². The second-order valence-corrected chi connectivity index (χ2v) is 5.67. The van der Waals surface area contributed by atoms with E-state index >= 15 is 0 Å². The molecule has 0 aromatic heterocycles. The number of nitrogens with zero attached hydrogens (tertiary/aromatic N) is 1. The van der Waals surface area contributed by atoms with E-state index in [1.807, 2.05) is 0 Å². The first kappa shape index (κ1) is 14.0. The summed E-state index contributed by atoms with van der Waals surface area (Å²) in [5.74, 6) is 0.934. The summed E-state index contributed by atoms with van der Waals surface area (Å²) in [5.41, 5.74) is 0. The van der Waals surface area contributed by atoms with Crippen LogP contribution in [-0.2, 0) is 0 Å². The first-order valence-corrected chi connectivity index (χ1v) is 7.07. The van der Waals surface area contributed by atoms with Crippen molar-refractivity contribution in [2.24, 2.45) is 5.92 Å². The molecule has 0 amide bonds. The summed E-state index contributed by atoms with van der Waals surface area (Å²) >= 11 is 0. The molecule has 0 saturated heterocycles. The molecule has 1 N–H and O–H groups in total. The Morgan fingerprint density at radius 1 is 1.38 bits per heavy atom. The zero-order valence-electron chi connectivity index (χ0n) is 11.6. The summed E-state index contributed by atoms with van der Waals surface area (Å²) in [6.07, 6.45) is 6.90. The molecule has 1 rings (SSSR count). The zero-order valence-corrected chi connectivity index (χ0v) is 11.6. The minimum atomic E-state index is 0.665. The molecule has 1 aliphatic carbocycles. The smallest absolute Gasteiger partial charge is 0.0107 e. The highest BCUT2D eigenvalue weighted by molar-refractivity contribution is 4.77. The van der Waals surface area contributed by atoms with E-state index in [1.165, 1.54) is 38.6 Å². The van der Waals surface area contributed by atoms with E-state index in [1.54, 1.807) is 0 Å². The van der Waals surface area contributed by atoms with Crippen molar-refractivity contribution in [2.75, 3.05) is 20.1 Å². The summed E-state index contributed by atoms with van der Waals surface area (Å²) in [6.45, 7) is 9.24. The van der Waals surface area contributed by atoms with Gasteiger partial charge < -0.3 is 10.2 Å². The van der Waals surface area contributed by atoms with Gasteiger partial charge in [0.25, 0.3) is 0 Å². The second-order valence-electron chi connectivity index (χ2n) is 5.67. The lowest BCUT2D eigenvalue weighted by Gasteiger charge is -2.34. The highest BCUT2D eigenvalue weighted by Gasteiger charge is 2.21. The van der Waals surface area contributed by atoms with Crippen LogP contribution >= 0.6 is 0 Å². The number of rotatable bonds is 6. The fourth-order valence-electron chi connectivity index (χ4n) is 2.62. The largest absolute Gasteiger partial charge is 0.313 e. The Morgan fingerprint density at radius 3 is 2.75 bits per heavy atom. The lowest BCUT2D eigenvalue weighted by molar-refractivity contribution is 0.163. The number of nitrogens with one attached hydrogen (secondary N) is 1. The van der Waals surface area contributed by atoms with Crippen LogP contribution < -0.4 is 5.32 Å². The molecular weight excluding hydrogens is 196 g/mol. The molecule has 1 fully saturated rings. The Morgan fingerprint density at radius 2 is 2.12 bits per heavy atom. The summed E-state index contributed by atoms with van der Waals surface area (Å²) in [5, 5.41) is 3.57. The Labute approximate surface area is 102 Å². The highest BCUT2D eigenvalue weighted by atomic mass is 15.1. The third-order valence-corrected chi connectivity index (χ3v) is 4.10. The van der Waals surface area contributed by atoms with E-state index in [-0.39, 0.29) is 0 Å². The van der Waals surface area contributed by atoms with Crippen LogP contribution in [0.5, 0.6) is 0 Å². The SMILES string of the molecule is CCC(C)NCCN(C)C1CCCC(C)C1. The van der Waals surface area contributed by atoms with Crippen molar-refractivity contribution in [3.8, 4) is 0 Å².